The average molecular weight is 384 g/mol. The van der Waals surface area contributed by atoms with E-state index in [1.165, 1.54) is 18.2 Å². The minimum atomic E-state index is -0.308. The Morgan fingerprint density at radius 3 is 2.32 bits per heavy atom. The standard InChI is InChI=1S/C24H33NO3/c1-7-22(23-13-19(11-12-24(23)27)15-28-18(6)26)20-9-8-10-21(14-20)25(16(2)3)17(4)5/h8-14,16-17,22,27H,7,15H2,1-6H3/t22-/m1/s1. The van der Waals surface area contributed by atoms with Crippen molar-refractivity contribution in [3.05, 3.63) is 59.2 Å². The van der Waals surface area contributed by atoms with Crippen LogP contribution in [0.3, 0.4) is 0 Å². The van der Waals surface area contributed by atoms with Gasteiger partial charge in [0.05, 0.1) is 0 Å². The summed E-state index contributed by atoms with van der Waals surface area (Å²) >= 11 is 0. The molecular formula is C24H33NO3. The Kier molecular flexibility index (Phi) is 7.50. The smallest absolute Gasteiger partial charge is 0.302 e. The molecule has 0 fully saturated rings. The largest absolute Gasteiger partial charge is 0.508 e. The van der Waals surface area contributed by atoms with E-state index in [1.807, 2.05) is 6.07 Å². The molecule has 2 aromatic rings. The minimum Gasteiger partial charge on any atom is -0.508 e. The van der Waals surface area contributed by atoms with Crippen molar-refractivity contribution < 1.29 is 14.6 Å². The third kappa shape index (κ3) is 5.28. The van der Waals surface area contributed by atoms with Crippen LogP contribution in [0.2, 0.25) is 0 Å². The Morgan fingerprint density at radius 2 is 1.75 bits per heavy atom. The SMILES string of the molecule is CC[C@H](c1cccc(N(C(C)C)C(C)C)c1)c1cc(COC(C)=O)ccc1O. The molecule has 0 heterocycles. The highest BCUT2D eigenvalue weighted by Gasteiger charge is 2.20. The number of carbonyl (C=O) groups excluding carboxylic acids is 1. The highest BCUT2D eigenvalue weighted by atomic mass is 16.5. The molecule has 0 aromatic heterocycles. The van der Waals surface area contributed by atoms with E-state index in [1.54, 1.807) is 12.1 Å². The summed E-state index contributed by atoms with van der Waals surface area (Å²) in [4.78, 5) is 13.5. The summed E-state index contributed by atoms with van der Waals surface area (Å²) in [6.45, 7) is 12.5. The van der Waals surface area contributed by atoms with Gasteiger partial charge in [0.1, 0.15) is 12.4 Å². The maximum atomic E-state index is 11.1. The average Bonchev–Trinajstić information content (AvgIpc) is 2.62. The summed E-state index contributed by atoms with van der Waals surface area (Å²) in [6.07, 6.45) is 0.859. The third-order valence-electron chi connectivity index (χ3n) is 5.00. The molecule has 1 atom stereocenters. The summed E-state index contributed by atoms with van der Waals surface area (Å²) in [5.41, 5.74) is 4.11. The van der Waals surface area contributed by atoms with Crippen molar-refractivity contribution in [1.29, 1.82) is 0 Å². The molecule has 0 aliphatic rings. The molecule has 0 aliphatic carbocycles. The zero-order valence-corrected chi connectivity index (χ0v) is 17.9. The number of carbonyl (C=O) groups is 1. The summed E-state index contributed by atoms with van der Waals surface area (Å²) in [6, 6.07) is 14.8. The monoisotopic (exact) mass is 383 g/mol. The van der Waals surface area contributed by atoms with E-state index in [-0.39, 0.29) is 24.2 Å². The first-order chi connectivity index (χ1) is 13.2. The first kappa shape index (κ1) is 21.8. The molecule has 1 N–H and O–H groups in total. The number of benzene rings is 2. The molecule has 0 saturated heterocycles. The van der Waals surface area contributed by atoms with Crippen LogP contribution in [0.1, 0.15) is 70.6 Å². The van der Waals surface area contributed by atoms with Crippen molar-refractivity contribution in [2.45, 2.75) is 72.6 Å². The van der Waals surface area contributed by atoms with E-state index >= 15 is 0 Å². The molecule has 4 nitrogen and oxygen atoms in total. The van der Waals surface area contributed by atoms with Crippen LogP contribution >= 0.6 is 0 Å². The van der Waals surface area contributed by atoms with Crippen LogP contribution < -0.4 is 4.90 Å². The van der Waals surface area contributed by atoms with Crippen molar-refractivity contribution >= 4 is 11.7 Å². The second-order valence-electron chi connectivity index (χ2n) is 7.82. The number of phenolic OH excluding ortho intramolecular Hbond substituents is 1. The van der Waals surface area contributed by atoms with Crippen molar-refractivity contribution in [1.82, 2.24) is 0 Å². The molecule has 0 unspecified atom stereocenters. The lowest BCUT2D eigenvalue weighted by molar-refractivity contribution is -0.142. The molecule has 0 radical (unpaired) electrons. The van der Waals surface area contributed by atoms with Gasteiger partial charge >= 0.3 is 5.97 Å². The maximum Gasteiger partial charge on any atom is 0.302 e. The van der Waals surface area contributed by atoms with Gasteiger partial charge in [0.25, 0.3) is 0 Å². The Morgan fingerprint density at radius 1 is 1.07 bits per heavy atom. The van der Waals surface area contributed by atoms with E-state index in [2.05, 4.69) is 63.8 Å². The molecule has 0 spiro atoms. The normalized spacial score (nSPS) is 12.3. The number of hydrogen-bond acceptors (Lipinski definition) is 4. The summed E-state index contributed by atoms with van der Waals surface area (Å²) in [7, 11) is 0. The van der Waals surface area contributed by atoms with Crippen LogP contribution in [-0.4, -0.2) is 23.2 Å². The number of ether oxygens (including phenoxy) is 1. The Hall–Kier alpha value is -2.49. The van der Waals surface area contributed by atoms with Gasteiger partial charge in [0, 0.05) is 36.2 Å². The maximum absolute atomic E-state index is 11.1. The zero-order chi connectivity index (χ0) is 20.8. The van der Waals surface area contributed by atoms with E-state index in [4.69, 9.17) is 4.74 Å². The van der Waals surface area contributed by atoms with Crippen LogP contribution in [0.25, 0.3) is 0 Å². The number of esters is 1. The number of aromatic hydroxyl groups is 1. The lowest BCUT2D eigenvalue weighted by atomic mass is 9.87. The van der Waals surface area contributed by atoms with Crippen molar-refractivity contribution in [3.8, 4) is 5.75 Å². The Balaban J connectivity index is 2.41. The number of rotatable bonds is 8. The quantitative estimate of drug-likeness (QED) is 0.601. The van der Waals surface area contributed by atoms with Crippen LogP contribution in [-0.2, 0) is 16.1 Å². The minimum absolute atomic E-state index is 0.0680. The van der Waals surface area contributed by atoms with Gasteiger partial charge < -0.3 is 14.7 Å². The first-order valence-corrected chi connectivity index (χ1v) is 10.1. The lowest BCUT2D eigenvalue weighted by Crippen LogP contribution is -2.37. The van der Waals surface area contributed by atoms with Crippen LogP contribution in [0.4, 0.5) is 5.69 Å². The third-order valence-corrected chi connectivity index (χ3v) is 5.00. The van der Waals surface area contributed by atoms with Gasteiger partial charge in [-0.05, 0) is 69.5 Å². The lowest BCUT2D eigenvalue weighted by Gasteiger charge is -2.34. The molecule has 2 rings (SSSR count). The number of anilines is 1. The summed E-state index contributed by atoms with van der Waals surface area (Å²) in [5, 5.41) is 10.5. The van der Waals surface area contributed by atoms with Crippen molar-refractivity contribution in [2.75, 3.05) is 4.90 Å². The second-order valence-corrected chi connectivity index (χ2v) is 7.82. The van der Waals surface area contributed by atoms with Crippen LogP contribution in [0, 0.1) is 0 Å². The van der Waals surface area contributed by atoms with E-state index in [0.29, 0.717) is 12.1 Å². The summed E-state index contributed by atoms with van der Waals surface area (Å²) in [5.74, 6) is 0.0311. The van der Waals surface area contributed by atoms with Crippen molar-refractivity contribution in [3.63, 3.8) is 0 Å². The van der Waals surface area contributed by atoms with E-state index in [0.717, 1.165) is 17.5 Å². The Bertz CT molecular complexity index is 790. The van der Waals surface area contributed by atoms with Gasteiger partial charge in [0.2, 0.25) is 0 Å². The van der Waals surface area contributed by atoms with Crippen molar-refractivity contribution in [2.24, 2.45) is 0 Å². The number of nitrogens with zero attached hydrogens (tertiary/aromatic N) is 1. The van der Waals surface area contributed by atoms with Gasteiger partial charge in [-0.25, -0.2) is 0 Å². The molecule has 152 valence electrons. The van der Waals surface area contributed by atoms with Gasteiger partial charge in [-0.2, -0.15) is 0 Å². The Labute approximate surface area is 169 Å². The molecular weight excluding hydrogens is 350 g/mol. The molecule has 2 aromatic carbocycles. The number of phenols is 1. The van der Waals surface area contributed by atoms with Gasteiger partial charge in [-0.3, -0.25) is 4.79 Å². The topological polar surface area (TPSA) is 49.8 Å². The van der Waals surface area contributed by atoms with Gasteiger partial charge in [-0.1, -0.05) is 25.1 Å². The fourth-order valence-electron chi connectivity index (χ4n) is 3.89. The van der Waals surface area contributed by atoms with Crippen LogP contribution in [0.5, 0.6) is 5.75 Å². The fourth-order valence-corrected chi connectivity index (χ4v) is 3.89. The molecule has 4 heteroatoms. The first-order valence-electron chi connectivity index (χ1n) is 10.1. The molecule has 0 saturated carbocycles. The second kappa shape index (κ2) is 9.63. The molecule has 0 amide bonds. The van der Waals surface area contributed by atoms with E-state index < -0.39 is 0 Å². The predicted molar refractivity (Wildman–Crippen MR) is 115 cm³/mol. The van der Waals surface area contributed by atoms with Gasteiger partial charge in [0.15, 0.2) is 0 Å². The van der Waals surface area contributed by atoms with E-state index in [9.17, 15) is 9.90 Å². The predicted octanol–water partition coefficient (Wildman–Crippen LogP) is 5.62. The fraction of sp³-hybridized carbons (Fsp3) is 0.458. The van der Waals surface area contributed by atoms with Crippen LogP contribution in [0.15, 0.2) is 42.5 Å². The highest BCUT2D eigenvalue weighted by molar-refractivity contribution is 5.66. The zero-order valence-electron chi connectivity index (χ0n) is 17.9. The highest BCUT2D eigenvalue weighted by Crippen LogP contribution is 2.36. The number of hydrogen-bond donors (Lipinski definition) is 1. The molecule has 0 bridgehead atoms. The molecule has 28 heavy (non-hydrogen) atoms. The summed E-state index contributed by atoms with van der Waals surface area (Å²) < 4.78 is 5.12. The molecule has 0 aliphatic heterocycles. The van der Waals surface area contributed by atoms with Gasteiger partial charge in [-0.15, -0.1) is 0 Å².